The molecule has 1 nitrogen and oxygen atoms in total. The monoisotopic (exact) mass is 167 g/mol. The van der Waals surface area contributed by atoms with E-state index in [9.17, 15) is 0 Å². The van der Waals surface area contributed by atoms with Gasteiger partial charge in [0.15, 0.2) is 0 Å². The van der Waals surface area contributed by atoms with Crippen molar-refractivity contribution in [1.82, 2.24) is 0 Å². The average molecular weight is 167 g/mol. The molecule has 0 radical (unpaired) electrons. The Morgan fingerprint density at radius 2 is 2.18 bits per heavy atom. The lowest BCUT2D eigenvalue weighted by molar-refractivity contribution is 0.903. The SMILES string of the molecule is CCCc1cccc(N)c1S. The molecule has 0 aliphatic rings. The molecule has 0 saturated heterocycles. The van der Waals surface area contributed by atoms with Crippen molar-refractivity contribution in [3.8, 4) is 0 Å². The summed E-state index contributed by atoms with van der Waals surface area (Å²) in [6.07, 6.45) is 2.20. The van der Waals surface area contributed by atoms with E-state index in [0.717, 1.165) is 23.4 Å². The number of nitrogen functional groups attached to an aromatic ring is 1. The third-order valence-electron chi connectivity index (χ3n) is 1.67. The van der Waals surface area contributed by atoms with Gasteiger partial charge >= 0.3 is 0 Å². The Balaban J connectivity index is 2.96. The van der Waals surface area contributed by atoms with Gasteiger partial charge in [-0.2, -0.15) is 0 Å². The van der Waals surface area contributed by atoms with Gasteiger partial charge < -0.3 is 5.73 Å². The van der Waals surface area contributed by atoms with Gasteiger partial charge in [0.1, 0.15) is 0 Å². The standard InChI is InChI=1S/C9H13NS/c1-2-4-7-5-3-6-8(10)9(7)11/h3,5-6,11H,2,4,10H2,1H3. The number of thiol groups is 1. The van der Waals surface area contributed by atoms with E-state index < -0.39 is 0 Å². The Morgan fingerprint density at radius 1 is 1.45 bits per heavy atom. The Morgan fingerprint density at radius 3 is 2.82 bits per heavy atom. The molecule has 11 heavy (non-hydrogen) atoms. The van der Waals surface area contributed by atoms with Gasteiger partial charge in [-0.05, 0) is 18.1 Å². The van der Waals surface area contributed by atoms with E-state index in [1.807, 2.05) is 12.1 Å². The highest BCUT2D eigenvalue weighted by Crippen LogP contribution is 2.21. The minimum Gasteiger partial charge on any atom is -0.398 e. The molecule has 1 aromatic carbocycles. The lowest BCUT2D eigenvalue weighted by Crippen LogP contribution is -1.91. The molecule has 0 unspecified atom stereocenters. The fourth-order valence-corrected chi connectivity index (χ4v) is 1.34. The van der Waals surface area contributed by atoms with Crippen LogP contribution in [0.5, 0.6) is 0 Å². The summed E-state index contributed by atoms with van der Waals surface area (Å²) in [6.45, 7) is 2.15. The molecule has 1 rings (SSSR count). The molecule has 0 saturated carbocycles. The zero-order valence-corrected chi connectivity index (χ0v) is 7.57. The summed E-state index contributed by atoms with van der Waals surface area (Å²) in [5.74, 6) is 0. The normalized spacial score (nSPS) is 10.0. The summed E-state index contributed by atoms with van der Waals surface area (Å²) in [7, 11) is 0. The van der Waals surface area contributed by atoms with Gasteiger partial charge in [-0.3, -0.25) is 0 Å². The first-order valence-corrected chi connectivity index (χ1v) is 4.26. The van der Waals surface area contributed by atoms with Crippen LogP contribution in [0.4, 0.5) is 5.69 Å². The summed E-state index contributed by atoms with van der Waals surface area (Å²) >= 11 is 4.32. The molecule has 0 aromatic heterocycles. The molecule has 60 valence electrons. The molecule has 0 heterocycles. The predicted molar refractivity (Wildman–Crippen MR) is 52.1 cm³/mol. The van der Waals surface area contributed by atoms with Crippen molar-refractivity contribution in [3.05, 3.63) is 23.8 Å². The quantitative estimate of drug-likeness (QED) is 0.513. The molecule has 0 atom stereocenters. The van der Waals surface area contributed by atoms with E-state index in [1.54, 1.807) is 0 Å². The highest BCUT2D eigenvalue weighted by Gasteiger charge is 1.99. The molecule has 0 spiro atoms. The number of hydrogen-bond donors (Lipinski definition) is 2. The topological polar surface area (TPSA) is 26.0 Å². The van der Waals surface area contributed by atoms with Crippen LogP contribution in [0.25, 0.3) is 0 Å². The maximum absolute atomic E-state index is 5.67. The zero-order chi connectivity index (χ0) is 8.27. The van der Waals surface area contributed by atoms with Crippen LogP contribution in [0, 0.1) is 0 Å². The maximum atomic E-state index is 5.67. The molecule has 0 aliphatic heterocycles. The molecular weight excluding hydrogens is 154 g/mol. The van der Waals surface area contributed by atoms with Gasteiger partial charge in [0.25, 0.3) is 0 Å². The number of hydrogen-bond acceptors (Lipinski definition) is 2. The predicted octanol–water partition coefficient (Wildman–Crippen LogP) is 2.51. The van der Waals surface area contributed by atoms with Crippen molar-refractivity contribution >= 4 is 18.3 Å². The largest absolute Gasteiger partial charge is 0.398 e. The Hall–Kier alpha value is -0.630. The Bertz CT molecular complexity index is 245. The molecule has 0 bridgehead atoms. The van der Waals surface area contributed by atoms with Crippen LogP contribution in [0.3, 0.4) is 0 Å². The van der Waals surface area contributed by atoms with E-state index in [4.69, 9.17) is 5.73 Å². The molecule has 2 heteroatoms. The molecular formula is C9H13NS. The summed E-state index contributed by atoms with van der Waals surface area (Å²) in [6, 6.07) is 5.92. The van der Waals surface area contributed by atoms with Gasteiger partial charge in [0.2, 0.25) is 0 Å². The van der Waals surface area contributed by atoms with Crippen LogP contribution >= 0.6 is 12.6 Å². The highest BCUT2D eigenvalue weighted by molar-refractivity contribution is 7.80. The fourth-order valence-electron chi connectivity index (χ4n) is 1.08. The van der Waals surface area contributed by atoms with Gasteiger partial charge in [0, 0.05) is 10.6 Å². The first-order chi connectivity index (χ1) is 5.25. The van der Waals surface area contributed by atoms with Crippen LogP contribution in [-0.2, 0) is 6.42 Å². The van der Waals surface area contributed by atoms with Crippen molar-refractivity contribution in [2.75, 3.05) is 5.73 Å². The average Bonchev–Trinajstić information content (AvgIpc) is 1.99. The van der Waals surface area contributed by atoms with Crippen molar-refractivity contribution in [2.45, 2.75) is 24.7 Å². The Labute approximate surface area is 73.0 Å². The lowest BCUT2D eigenvalue weighted by Gasteiger charge is -2.04. The number of aryl methyl sites for hydroxylation is 1. The molecule has 0 fully saturated rings. The van der Waals surface area contributed by atoms with Gasteiger partial charge in [-0.25, -0.2) is 0 Å². The third kappa shape index (κ3) is 1.90. The molecule has 0 amide bonds. The van der Waals surface area contributed by atoms with Gasteiger partial charge in [-0.15, -0.1) is 12.6 Å². The van der Waals surface area contributed by atoms with E-state index in [1.165, 1.54) is 5.56 Å². The minimum absolute atomic E-state index is 0.777. The summed E-state index contributed by atoms with van der Waals surface area (Å²) in [5.41, 5.74) is 7.70. The van der Waals surface area contributed by atoms with Crippen LogP contribution < -0.4 is 5.73 Å². The van der Waals surface area contributed by atoms with Crippen LogP contribution in [0.1, 0.15) is 18.9 Å². The van der Waals surface area contributed by atoms with Crippen LogP contribution in [-0.4, -0.2) is 0 Å². The summed E-state index contributed by atoms with van der Waals surface area (Å²) in [4.78, 5) is 0.939. The second kappa shape index (κ2) is 3.67. The summed E-state index contributed by atoms with van der Waals surface area (Å²) in [5, 5.41) is 0. The number of rotatable bonds is 2. The maximum Gasteiger partial charge on any atom is 0.0452 e. The van der Waals surface area contributed by atoms with E-state index in [2.05, 4.69) is 25.6 Å². The lowest BCUT2D eigenvalue weighted by atomic mass is 10.1. The minimum atomic E-state index is 0.777. The van der Waals surface area contributed by atoms with Gasteiger partial charge in [-0.1, -0.05) is 25.5 Å². The third-order valence-corrected chi connectivity index (χ3v) is 2.22. The van der Waals surface area contributed by atoms with Crippen molar-refractivity contribution in [2.24, 2.45) is 0 Å². The number of benzene rings is 1. The van der Waals surface area contributed by atoms with E-state index >= 15 is 0 Å². The molecule has 0 aliphatic carbocycles. The molecule has 2 N–H and O–H groups in total. The zero-order valence-electron chi connectivity index (χ0n) is 6.67. The van der Waals surface area contributed by atoms with Crippen LogP contribution in [0.2, 0.25) is 0 Å². The van der Waals surface area contributed by atoms with Crippen molar-refractivity contribution in [3.63, 3.8) is 0 Å². The number of nitrogens with two attached hydrogens (primary N) is 1. The Kier molecular flexibility index (Phi) is 2.83. The fraction of sp³-hybridized carbons (Fsp3) is 0.333. The number of anilines is 1. The van der Waals surface area contributed by atoms with E-state index in [-0.39, 0.29) is 0 Å². The first-order valence-electron chi connectivity index (χ1n) is 3.82. The second-order valence-corrected chi connectivity index (χ2v) is 3.05. The van der Waals surface area contributed by atoms with Gasteiger partial charge in [0.05, 0.1) is 0 Å². The first kappa shape index (κ1) is 8.47. The van der Waals surface area contributed by atoms with Crippen LogP contribution in [0.15, 0.2) is 23.1 Å². The van der Waals surface area contributed by atoms with Crippen molar-refractivity contribution < 1.29 is 0 Å². The molecule has 1 aromatic rings. The highest BCUT2D eigenvalue weighted by atomic mass is 32.1. The summed E-state index contributed by atoms with van der Waals surface area (Å²) < 4.78 is 0. The van der Waals surface area contributed by atoms with Crippen molar-refractivity contribution in [1.29, 1.82) is 0 Å². The van der Waals surface area contributed by atoms with E-state index in [0.29, 0.717) is 0 Å². The smallest absolute Gasteiger partial charge is 0.0452 e. The second-order valence-electron chi connectivity index (χ2n) is 2.60.